The minimum atomic E-state index is -0.523. The highest BCUT2D eigenvalue weighted by atomic mass is 16.5. The van der Waals surface area contributed by atoms with E-state index in [1.165, 1.54) is 0 Å². The van der Waals surface area contributed by atoms with Gasteiger partial charge in [0.15, 0.2) is 0 Å². The van der Waals surface area contributed by atoms with E-state index >= 15 is 0 Å². The zero-order valence-electron chi connectivity index (χ0n) is 18.8. The largest absolute Gasteiger partial charge is 0.423 e. The maximum absolute atomic E-state index is 12.5. The van der Waals surface area contributed by atoms with Gasteiger partial charge in [-0.25, -0.2) is 9.59 Å². The topological polar surface area (TPSA) is 77.3 Å². The lowest BCUT2D eigenvalue weighted by molar-refractivity contribution is 0.0730. The highest BCUT2D eigenvalue weighted by molar-refractivity contribution is 5.92. The van der Waals surface area contributed by atoms with Crippen LogP contribution in [-0.2, 0) is 0 Å². The van der Waals surface area contributed by atoms with Gasteiger partial charge in [-0.15, -0.1) is 0 Å². The summed E-state index contributed by atoms with van der Waals surface area (Å²) in [6, 6.07) is 27.8. The molecule has 0 aliphatic carbocycles. The van der Waals surface area contributed by atoms with Crippen LogP contribution in [0.5, 0.6) is 11.5 Å². The number of ether oxygens (including phenoxy) is 2. The Morgan fingerprint density at radius 3 is 1.26 bits per heavy atom. The van der Waals surface area contributed by atoms with Crippen LogP contribution in [-0.4, -0.2) is 11.9 Å². The Bertz CT molecular complexity index is 1310. The van der Waals surface area contributed by atoms with E-state index in [2.05, 4.69) is 10.2 Å². The quantitative estimate of drug-likeness (QED) is 0.177. The molecule has 168 valence electrons. The number of carbonyl (C=O) groups is 2. The predicted octanol–water partition coefficient (Wildman–Crippen LogP) is 7.16. The molecule has 6 heteroatoms. The Labute approximate surface area is 197 Å². The molecule has 0 unspecified atom stereocenters. The Hall–Kier alpha value is -4.58. The molecule has 0 atom stereocenters. The van der Waals surface area contributed by atoms with Crippen molar-refractivity contribution >= 4 is 23.3 Å². The molecule has 0 saturated carbocycles. The molecule has 0 bridgehead atoms. The van der Waals surface area contributed by atoms with Crippen LogP contribution in [0.2, 0.25) is 0 Å². The van der Waals surface area contributed by atoms with Gasteiger partial charge in [0.2, 0.25) is 0 Å². The number of carbonyl (C=O) groups excluding carboxylic acids is 2. The molecule has 0 N–H and O–H groups in total. The lowest BCUT2D eigenvalue weighted by atomic mass is 10.1. The van der Waals surface area contributed by atoms with Gasteiger partial charge in [-0.2, -0.15) is 10.2 Å². The van der Waals surface area contributed by atoms with Crippen LogP contribution in [0.25, 0.3) is 0 Å². The van der Waals surface area contributed by atoms with E-state index in [0.717, 1.165) is 16.8 Å². The lowest BCUT2D eigenvalue weighted by Gasteiger charge is -2.07. The summed E-state index contributed by atoms with van der Waals surface area (Å²) in [6.07, 6.45) is 0. The molecule has 4 aromatic rings. The van der Waals surface area contributed by atoms with Crippen molar-refractivity contribution in [2.24, 2.45) is 10.2 Å². The second kappa shape index (κ2) is 10.4. The van der Waals surface area contributed by atoms with Crippen molar-refractivity contribution in [1.82, 2.24) is 0 Å². The van der Waals surface area contributed by atoms with Gasteiger partial charge in [0.05, 0.1) is 22.5 Å². The molecule has 0 fully saturated rings. The van der Waals surface area contributed by atoms with Crippen LogP contribution in [0.3, 0.4) is 0 Å². The third kappa shape index (κ3) is 6.01. The number of esters is 2. The van der Waals surface area contributed by atoms with Gasteiger partial charge in [-0.3, -0.25) is 0 Å². The minimum absolute atomic E-state index is 0.332. The van der Waals surface area contributed by atoms with Crippen LogP contribution in [0.15, 0.2) is 107 Å². The predicted molar refractivity (Wildman–Crippen MR) is 129 cm³/mol. The fourth-order valence-electron chi connectivity index (χ4n) is 2.99. The van der Waals surface area contributed by atoms with Crippen LogP contribution in [0.4, 0.5) is 11.4 Å². The second-order valence-corrected chi connectivity index (χ2v) is 7.70. The van der Waals surface area contributed by atoms with Gasteiger partial charge < -0.3 is 9.47 Å². The number of hydrogen-bond acceptors (Lipinski definition) is 6. The first-order valence-electron chi connectivity index (χ1n) is 10.7. The highest BCUT2D eigenvalue weighted by Gasteiger charge is 2.11. The van der Waals surface area contributed by atoms with Crippen LogP contribution in [0.1, 0.15) is 31.8 Å². The van der Waals surface area contributed by atoms with Gasteiger partial charge >= 0.3 is 11.9 Å². The summed E-state index contributed by atoms with van der Waals surface area (Å²) in [7, 11) is 0. The monoisotopic (exact) mass is 450 g/mol. The first-order valence-corrected chi connectivity index (χ1v) is 10.7. The van der Waals surface area contributed by atoms with E-state index < -0.39 is 11.9 Å². The fraction of sp³-hybridized carbons (Fsp3) is 0.0714. The standard InChI is InChI=1S/C28H22N2O4/c1-19-3-7-21(8-4-19)27(31)33-25-15-9-22(10-16-25)28(32)34-26-17-13-24(14-18-26)30-29-23-11-5-20(2)6-12-23/h3-18H,1-2H3. The lowest BCUT2D eigenvalue weighted by Crippen LogP contribution is -2.10. The maximum Gasteiger partial charge on any atom is 0.343 e. The van der Waals surface area contributed by atoms with Gasteiger partial charge in [-0.05, 0) is 86.6 Å². The van der Waals surface area contributed by atoms with E-state index in [0.29, 0.717) is 28.3 Å². The number of benzene rings is 4. The van der Waals surface area contributed by atoms with Crippen LogP contribution >= 0.6 is 0 Å². The molecule has 4 rings (SSSR count). The van der Waals surface area contributed by atoms with Gasteiger partial charge in [0.25, 0.3) is 0 Å². The van der Waals surface area contributed by atoms with Gasteiger partial charge in [0, 0.05) is 0 Å². The molecule has 0 amide bonds. The molecule has 0 aromatic heterocycles. The molecule has 0 spiro atoms. The van der Waals surface area contributed by atoms with Crippen molar-refractivity contribution in [3.63, 3.8) is 0 Å². The van der Waals surface area contributed by atoms with Crippen molar-refractivity contribution in [3.05, 3.63) is 119 Å². The van der Waals surface area contributed by atoms with E-state index in [1.54, 1.807) is 60.7 Å². The average Bonchev–Trinajstić information content (AvgIpc) is 2.85. The fourth-order valence-corrected chi connectivity index (χ4v) is 2.99. The summed E-state index contributed by atoms with van der Waals surface area (Å²) in [5, 5.41) is 8.38. The number of aryl methyl sites for hydroxylation is 2. The van der Waals surface area contributed by atoms with Crippen molar-refractivity contribution in [3.8, 4) is 11.5 Å². The zero-order chi connectivity index (χ0) is 23.9. The molecule has 0 aliphatic rings. The first kappa shape index (κ1) is 22.6. The van der Waals surface area contributed by atoms with Gasteiger partial charge in [0.1, 0.15) is 11.5 Å². The molecular weight excluding hydrogens is 428 g/mol. The summed E-state index contributed by atoms with van der Waals surface area (Å²) in [5.41, 5.74) is 4.40. The first-order chi connectivity index (χ1) is 16.5. The molecule has 0 heterocycles. The minimum Gasteiger partial charge on any atom is -0.423 e. The third-order valence-electron chi connectivity index (χ3n) is 4.95. The molecule has 34 heavy (non-hydrogen) atoms. The van der Waals surface area contributed by atoms with Crippen molar-refractivity contribution in [2.45, 2.75) is 13.8 Å². The normalized spacial score (nSPS) is 10.8. The maximum atomic E-state index is 12.5. The van der Waals surface area contributed by atoms with E-state index in [1.807, 2.05) is 50.2 Å². The Morgan fingerprint density at radius 2 is 0.824 bits per heavy atom. The number of azo groups is 1. The molecule has 0 aliphatic heterocycles. The molecule has 4 aromatic carbocycles. The van der Waals surface area contributed by atoms with Crippen molar-refractivity contribution in [1.29, 1.82) is 0 Å². The van der Waals surface area contributed by atoms with E-state index in [9.17, 15) is 9.59 Å². The van der Waals surface area contributed by atoms with Crippen molar-refractivity contribution < 1.29 is 19.1 Å². The third-order valence-corrected chi connectivity index (χ3v) is 4.95. The van der Waals surface area contributed by atoms with Crippen LogP contribution in [0, 0.1) is 13.8 Å². The van der Waals surface area contributed by atoms with E-state index in [-0.39, 0.29) is 0 Å². The van der Waals surface area contributed by atoms with Crippen molar-refractivity contribution in [2.75, 3.05) is 0 Å². The summed E-state index contributed by atoms with van der Waals surface area (Å²) >= 11 is 0. The summed E-state index contributed by atoms with van der Waals surface area (Å²) < 4.78 is 10.8. The Balaban J connectivity index is 1.33. The summed E-state index contributed by atoms with van der Waals surface area (Å²) in [5.74, 6) is -0.264. The number of rotatable bonds is 6. The molecule has 6 nitrogen and oxygen atoms in total. The number of hydrogen-bond donors (Lipinski definition) is 0. The summed E-state index contributed by atoms with van der Waals surface area (Å²) in [6.45, 7) is 3.95. The average molecular weight is 450 g/mol. The SMILES string of the molecule is Cc1ccc(N=Nc2ccc(OC(=O)c3ccc(OC(=O)c4ccc(C)cc4)cc3)cc2)cc1. The van der Waals surface area contributed by atoms with Gasteiger partial charge in [-0.1, -0.05) is 35.4 Å². The Morgan fingerprint density at radius 1 is 0.500 bits per heavy atom. The highest BCUT2D eigenvalue weighted by Crippen LogP contribution is 2.23. The molecule has 0 saturated heterocycles. The van der Waals surface area contributed by atoms with E-state index in [4.69, 9.17) is 9.47 Å². The van der Waals surface area contributed by atoms with Crippen LogP contribution < -0.4 is 9.47 Å². The second-order valence-electron chi connectivity index (χ2n) is 7.70. The number of nitrogens with zero attached hydrogens (tertiary/aromatic N) is 2. The smallest absolute Gasteiger partial charge is 0.343 e. The zero-order valence-corrected chi connectivity index (χ0v) is 18.8. The Kier molecular flexibility index (Phi) is 6.89. The molecule has 0 radical (unpaired) electrons. The summed E-state index contributed by atoms with van der Waals surface area (Å²) in [4.78, 5) is 24.7. The molecular formula is C28H22N2O4.